The number of methoxy groups -OCH3 is 1. The highest BCUT2D eigenvalue weighted by Gasteiger charge is 2.20. The molecule has 1 saturated carbocycles. The summed E-state index contributed by atoms with van der Waals surface area (Å²) in [6, 6.07) is 8.86. The number of hydrogen-bond acceptors (Lipinski definition) is 1. The lowest BCUT2D eigenvalue weighted by molar-refractivity contribution is 0.117. The number of hydrogen-bond donors (Lipinski definition) is 0. The van der Waals surface area contributed by atoms with Crippen LogP contribution in [0.5, 0.6) is 0 Å². The minimum Gasteiger partial charge on any atom is -0.384 e. The fourth-order valence-electron chi connectivity index (χ4n) is 3.48. The standard InChI is InChI=1S/C20H29FO/c1-22-16-20-13-11-19(12-14-20)10-9-18-7-5-17(6-8-18)4-2-3-15-21/h3,5-8,15,19-20H,2,4,9-14,16H2,1H3. The van der Waals surface area contributed by atoms with Gasteiger partial charge in [-0.2, -0.15) is 0 Å². The van der Waals surface area contributed by atoms with E-state index < -0.39 is 0 Å². The Kier molecular flexibility index (Phi) is 7.65. The predicted octanol–water partition coefficient (Wildman–Crippen LogP) is 5.49. The van der Waals surface area contributed by atoms with Gasteiger partial charge in [0.1, 0.15) is 0 Å². The van der Waals surface area contributed by atoms with E-state index in [2.05, 4.69) is 24.3 Å². The molecule has 0 atom stereocenters. The van der Waals surface area contributed by atoms with Crippen molar-refractivity contribution in [1.82, 2.24) is 0 Å². The van der Waals surface area contributed by atoms with Crippen LogP contribution in [0.15, 0.2) is 36.7 Å². The van der Waals surface area contributed by atoms with Crippen molar-refractivity contribution in [3.63, 3.8) is 0 Å². The third kappa shape index (κ3) is 5.92. The Labute approximate surface area is 134 Å². The largest absolute Gasteiger partial charge is 0.384 e. The van der Waals surface area contributed by atoms with E-state index in [9.17, 15) is 4.39 Å². The summed E-state index contributed by atoms with van der Waals surface area (Å²) in [6.45, 7) is 0.936. The van der Waals surface area contributed by atoms with Gasteiger partial charge in [0.15, 0.2) is 0 Å². The lowest BCUT2D eigenvalue weighted by Gasteiger charge is -2.28. The van der Waals surface area contributed by atoms with Gasteiger partial charge in [-0.15, -0.1) is 0 Å². The highest BCUT2D eigenvalue weighted by atomic mass is 19.1. The molecule has 0 heterocycles. The summed E-state index contributed by atoms with van der Waals surface area (Å²) in [5.74, 6) is 1.68. The molecule has 0 unspecified atom stereocenters. The summed E-state index contributed by atoms with van der Waals surface area (Å²) in [6.07, 6.45) is 11.8. The van der Waals surface area contributed by atoms with Crippen LogP contribution in [-0.2, 0) is 17.6 Å². The lowest BCUT2D eigenvalue weighted by Crippen LogP contribution is -2.18. The number of halogens is 1. The molecule has 2 rings (SSSR count). The molecular weight excluding hydrogens is 275 g/mol. The van der Waals surface area contributed by atoms with Gasteiger partial charge in [0.25, 0.3) is 0 Å². The normalized spacial score (nSPS) is 22.3. The maximum absolute atomic E-state index is 11.9. The van der Waals surface area contributed by atoms with E-state index in [1.54, 1.807) is 6.08 Å². The molecule has 1 fully saturated rings. The quantitative estimate of drug-likeness (QED) is 0.617. The van der Waals surface area contributed by atoms with Crippen LogP contribution in [0.3, 0.4) is 0 Å². The monoisotopic (exact) mass is 304 g/mol. The average molecular weight is 304 g/mol. The maximum Gasteiger partial charge on any atom is 0.0827 e. The lowest BCUT2D eigenvalue weighted by atomic mass is 9.80. The first-order chi connectivity index (χ1) is 10.8. The van der Waals surface area contributed by atoms with E-state index in [-0.39, 0.29) is 0 Å². The molecule has 1 aliphatic rings. The van der Waals surface area contributed by atoms with Crippen molar-refractivity contribution in [3.8, 4) is 0 Å². The Morgan fingerprint density at radius 1 is 1.00 bits per heavy atom. The number of ether oxygens (including phenoxy) is 1. The smallest absolute Gasteiger partial charge is 0.0827 e. The first-order valence-corrected chi connectivity index (χ1v) is 8.63. The first kappa shape index (κ1) is 17.2. The first-order valence-electron chi connectivity index (χ1n) is 8.63. The number of rotatable bonds is 8. The second-order valence-corrected chi connectivity index (χ2v) is 6.60. The van der Waals surface area contributed by atoms with Crippen molar-refractivity contribution in [2.75, 3.05) is 13.7 Å². The molecule has 0 bridgehead atoms. The second-order valence-electron chi connectivity index (χ2n) is 6.60. The van der Waals surface area contributed by atoms with E-state index in [1.807, 2.05) is 7.11 Å². The van der Waals surface area contributed by atoms with Gasteiger partial charge in [-0.05, 0) is 61.5 Å². The van der Waals surface area contributed by atoms with E-state index in [0.717, 1.165) is 31.3 Å². The van der Waals surface area contributed by atoms with Crippen molar-refractivity contribution >= 4 is 0 Å². The molecule has 22 heavy (non-hydrogen) atoms. The van der Waals surface area contributed by atoms with Gasteiger partial charge in [-0.25, -0.2) is 4.39 Å². The van der Waals surface area contributed by atoms with Crippen LogP contribution in [0.1, 0.15) is 49.7 Å². The van der Waals surface area contributed by atoms with Crippen LogP contribution in [0, 0.1) is 11.8 Å². The molecule has 2 heteroatoms. The van der Waals surface area contributed by atoms with E-state index in [0.29, 0.717) is 6.33 Å². The molecule has 0 N–H and O–H groups in total. The summed E-state index contributed by atoms with van der Waals surface area (Å²) in [7, 11) is 1.81. The molecule has 0 radical (unpaired) electrons. The average Bonchev–Trinajstić information content (AvgIpc) is 2.56. The highest BCUT2D eigenvalue weighted by Crippen LogP contribution is 2.31. The van der Waals surface area contributed by atoms with Crippen molar-refractivity contribution in [3.05, 3.63) is 47.8 Å². The number of benzene rings is 1. The van der Waals surface area contributed by atoms with Crippen LogP contribution in [-0.4, -0.2) is 13.7 Å². The van der Waals surface area contributed by atoms with Crippen molar-refractivity contribution in [2.45, 2.75) is 51.4 Å². The molecule has 0 amide bonds. The second kappa shape index (κ2) is 9.78. The van der Waals surface area contributed by atoms with Gasteiger partial charge in [0.05, 0.1) is 6.33 Å². The van der Waals surface area contributed by atoms with Gasteiger partial charge in [0.2, 0.25) is 0 Å². The van der Waals surface area contributed by atoms with E-state index >= 15 is 0 Å². The summed E-state index contributed by atoms with van der Waals surface area (Å²) in [4.78, 5) is 0. The van der Waals surface area contributed by atoms with Gasteiger partial charge in [-0.1, -0.05) is 43.2 Å². The van der Waals surface area contributed by atoms with Gasteiger partial charge in [0, 0.05) is 13.7 Å². The fraction of sp³-hybridized carbons (Fsp3) is 0.600. The van der Waals surface area contributed by atoms with Crippen LogP contribution in [0.25, 0.3) is 0 Å². The molecule has 1 aromatic rings. The van der Waals surface area contributed by atoms with Gasteiger partial charge in [-0.3, -0.25) is 0 Å². The van der Waals surface area contributed by atoms with E-state index in [4.69, 9.17) is 4.74 Å². The zero-order valence-corrected chi connectivity index (χ0v) is 13.8. The Bertz CT molecular complexity index is 430. The topological polar surface area (TPSA) is 9.23 Å². The third-order valence-electron chi connectivity index (χ3n) is 4.92. The summed E-state index contributed by atoms with van der Waals surface area (Å²) < 4.78 is 17.2. The molecule has 1 aromatic carbocycles. The Hall–Kier alpha value is -1.15. The fourth-order valence-corrected chi connectivity index (χ4v) is 3.48. The zero-order chi connectivity index (χ0) is 15.6. The highest BCUT2D eigenvalue weighted by molar-refractivity contribution is 5.23. The Morgan fingerprint density at radius 2 is 1.59 bits per heavy atom. The Balaban J connectivity index is 1.69. The maximum atomic E-state index is 11.9. The molecule has 0 spiro atoms. The SMILES string of the molecule is COCC1CCC(CCc2ccc(CCC=CF)cc2)CC1. The van der Waals surface area contributed by atoms with Crippen LogP contribution in [0.4, 0.5) is 4.39 Å². The zero-order valence-electron chi connectivity index (χ0n) is 13.8. The van der Waals surface area contributed by atoms with Crippen LogP contribution in [0.2, 0.25) is 0 Å². The molecule has 0 aromatic heterocycles. The molecule has 0 saturated heterocycles. The van der Waals surface area contributed by atoms with Crippen LogP contribution >= 0.6 is 0 Å². The number of aryl methyl sites for hydroxylation is 2. The molecule has 0 aliphatic heterocycles. The molecule has 1 nitrogen and oxygen atoms in total. The Morgan fingerprint density at radius 3 is 2.18 bits per heavy atom. The molecule has 122 valence electrons. The van der Waals surface area contributed by atoms with Gasteiger partial charge < -0.3 is 4.74 Å². The summed E-state index contributed by atoms with van der Waals surface area (Å²) >= 11 is 0. The van der Waals surface area contributed by atoms with Crippen molar-refractivity contribution < 1.29 is 9.13 Å². The molecule has 1 aliphatic carbocycles. The summed E-state index contributed by atoms with van der Waals surface area (Å²) in [5.41, 5.74) is 2.73. The minimum atomic E-state index is 0.635. The third-order valence-corrected chi connectivity index (χ3v) is 4.92. The number of allylic oxidation sites excluding steroid dienone is 1. The molecular formula is C20H29FO. The van der Waals surface area contributed by atoms with Crippen molar-refractivity contribution in [2.24, 2.45) is 11.8 Å². The van der Waals surface area contributed by atoms with E-state index in [1.165, 1.54) is 49.7 Å². The summed E-state index contributed by atoms with van der Waals surface area (Å²) in [5, 5.41) is 0. The van der Waals surface area contributed by atoms with Crippen LogP contribution < -0.4 is 0 Å². The van der Waals surface area contributed by atoms with Crippen molar-refractivity contribution in [1.29, 1.82) is 0 Å². The minimum absolute atomic E-state index is 0.635. The van der Waals surface area contributed by atoms with Gasteiger partial charge >= 0.3 is 0 Å². The predicted molar refractivity (Wildman–Crippen MR) is 90.7 cm³/mol.